The molecule has 0 aliphatic rings. The highest BCUT2D eigenvalue weighted by Crippen LogP contribution is 2.11. The molecule has 0 bridgehead atoms. The van der Waals surface area contributed by atoms with Gasteiger partial charge in [-0.1, -0.05) is 11.3 Å². The van der Waals surface area contributed by atoms with Crippen molar-refractivity contribution in [1.29, 1.82) is 0 Å². The number of fused-ring (bicyclic) bond motifs is 1. The highest BCUT2D eigenvalue weighted by Gasteiger charge is 2.03. The van der Waals surface area contributed by atoms with Gasteiger partial charge >= 0.3 is 0 Å². The number of nitrogens with zero attached hydrogens (tertiary/aromatic N) is 3. The van der Waals surface area contributed by atoms with Crippen molar-refractivity contribution >= 4 is 28.1 Å². The summed E-state index contributed by atoms with van der Waals surface area (Å²) < 4.78 is 1.32. The van der Waals surface area contributed by atoms with E-state index in [-0.39, 0.29) is 5.56 Å². The number of rotatable bonds is 5. The molecule has 0 amide bonds. The van der Waals surface area contributed by atoms with Crippen molar-refractivity contribution in [2.75, 3.05) is 12.3 Å². The SMILES string of the molecule is NCCCSCc1cc(=O)n2ncsc2n1. The van der Waals surface area contributed by atoms with Gasteiger partial charge in [-0.25, -0.2) is 4.98 Å². The first-order valence-electron chi connectivity index (χ1n) is 4.91. The van der Waals surface area contributed by atoms with Crippen molar-refractivity contribution in [3.8, 4) is 0 Å². The molecule has 16 heavy (non-hydrogen) atoms. The third kappa shape index (κ3) is 2.60. The van der Waals surface area contributed by atoms with Crippen LogP contribution in [0, 0.1) is 0 Å². The topological polar surface area (TPSA) is 73.3 Å². The van der Waals surface area contributed by atoms with Gasteiger partial charge in [-0.05, 0) is 18.7 Å². The predicted molar refractivity (Wildman–Crippen MR) is 67.0 cm³/mol. The average molecular weight is 256 g/mol. The fraction of sp³-hybridized carbons (Fsp3) is 0.444. The summed E-state index contributed by atoms with van der Waals surface area (Å²) in [5.74, 6) is 1.75. The van der Waals surface area contributed by atoms with E-state index in [1.165, 1.54) is 15.9 Å². The second-order valence-corrected chi connectivity index (χ2v) is 5.13. The third-order valence-electron chi connectivity index (χ3n) is 1.98. The van der Waals surface area contributed by atoms with Crippen LogP contribution in [0.15, 0.2) is 16.4 Å². The van der Waals surface area contributed by atoms with E-state index in [1.54, 1.807) is 23.3 Å². The maximum absolute atomic E-state index is 11.6. The van der Waals surface area contributed by atoms with Gasteiger partial charge in [0.2, 0.25) is 4.96 Å². The lowest BCUT2D eigenvalue weighted by molar-refractivity contribution is 0.888. The number of nitrogens with two attached hydrogens (primary N) is 1. The van der Waals surface area contributed by atoms with Crippen molar-refractivity contribution in [2.45, 2.75) is 12.2 Å². The van der Waals surface area contributed by atoms with Gasteiger partial charge in [0.1, 0.15) is 5.51 Å². The molecule has 5 nitrogen and oxygen atoms in total. The molecule has 2 heterocycles. The molecular weight excluding hydrogens is 244 g/mol. The van der Waals surface area contributed by atoms with Crippen molar-refractivity contribution in [3.05, 3.63) is 27.6 Å². The molecule has 0 aliphatic carbocycles. The van der Waals surface area contributed by atoms with Gasteiger partial charge in [0.15, 0.2) is 0 Å². The number of aromatic nitrogens is 3. The Hall–Kier alpha value is -0.920. The lowest BCUT2D eigenvalue weighted by atomic mass is 10.4. The van der Waals surface area contributed by atoms with Crippen LogP contribution in [0.25, 0.3) is 4.96 Å². The lowest BCUT2D eigenvalue weighted by Gasteiger charge is -2.00. The van der Waals surface area contributed by atoms with Crippen LogP contribution < -0.4 is 11.3 Å². The minimum Gasteiger partial charge on any atom is -0.330 e. The van der Waals surface area contributed by atoms with Crippen LogP contribution in [0.2, 0.25) is 0 Å². The molecule has 2 rings (SSSR count). The monoisotopic (exact) mass is 256 g/mol. The molecule has 0 saturated carbocycles. The summed E-state index contributed by atoms with van der Waals surface area (Å²) in [5.41, 5.74) is 7.73. The summed E-state index contributed by atoms with van der Waals surface area (Å²) in [6.45, 7) is 0.705. The minimum absolute atomic E-state index is 0.110. The van der Waals surface area contributed by atoms with Gasteiger partial charge < -0.3 is 5.73 Å². The molecular formula is C9H12N4OS2. The van der Waals surface area contributed by atoms with Gasteiger partial charge in [-0.3, -0.25) is 4.79 Å². The van der Waals surface area contributed by atoms with Crippen LogP contribution in [0.5, 0.6) is 0 Å². The number of hydrogen-bond donors (Lipinski definition) is 1. The molecule has 7 heteroatoms. The largest absolute Gasteiger partial charge is 0.330 e. The maximum Gasteiger partial charge on any atom is 0.275 e. The molecule has 0 unspecified atom stereocenters. The number of thioether (sulfide) groups is 1. The molecule has 2 aromatic rings. The number of hydrogen-bond acceptors (Lipinski definition) is 6. The molecule has 0 saturated heterocycles. The normalized spacial score (nSPS) is 11.1. The van der Waals surface area contributed by atoms with E-state index < -0.39 is 0 Å². The average Bonchev–Trinajstić information content (AvgIpc) is 2.73. The van der Waals surface area contributed by atoms with Crippen LogP contribution in [0.4, 0.5) is 0 Å². The van der Waals surface area contributed by atoms with E-state index in [9.17, 15) is 4.79 Å². The first-order valence-corrected chi connectivity index (χ1v) is 6.95. The minimum atomic E-state index is -0.110. The first-order chi connectivity index (χ1) is 7.81. The highest BCUT2D eigenvalue weighted by atomic mass is 32.2. The van der Waals surface area contributed by atoms with Crippen LogP contribution in [-0.4, -0.2) is 26.9 Å². The van der Waals surface area contributed by atoms with E-state index in [0.717, 1.165) is 23.6 Å². The Morgan fingerprint density at radius 2 is 2.44 bits per heavy atom. The summed E-state index contributed by atoms with van der Waals surface area (Å²) in [6, 6.07) is 1.54. The molecule has 0 fully saturated rings. The molecule has 2 N–H and O–H groups in total. The van der Waals surface area contributed by atoms with Crippen molar-refractivity contribution in [2.24, 2.45) is 5.73 Å². The van der Waals surface area contributed by atoms with Gasteiger partial charge in [0.25, 0.3) is 5.56 Å². The van der Waals surface area contributed by atoms with Crippen LogP contribution in [0.3, 0.4) is 0 Å². The zero-order valence-corrected chi connectivity index (χ0v) is 10.3. The first kappa shape index (κ1) is 11.6. The highest BCUT2D eigenvalue weighted by molar-refractivity contribution is 7.98. The molecule has 0 spiro atoms. The maximum atomic E-state index is 11.6. The standard InChI is InChI=1S/C9H12N4OS2/c10-2-1-3-15-5-7-4-8(14)13-9(12-7)16-6-11-13/h4,6H,1-3,5,10H2. The van der Waals surface area contributed by atoms with E-state index in [4.69, 9.17) is 5.73 Å². The second kappa shape index (κ2) is 5.42. The predicted octanol–water partition coefficient (Wildman–Crippen LogP) is 0.733. The van der Waals surface area contributed by atoms with Crippen LogP contribution >= 0.6 is 23.1 Å². The Morgan fingerprint density at radius 1 is 1.56 bits per heavy atom. The summed E-state index contributed by atoms with van der Waals surface area (Å²) in [6.07, 6.45) is 0.993. The molecule has 0 aromatic carbocycles. The lowest BCUT2D eigenvalue weighted by Crippen LogP contribution is -2.14. The van der Waals surface area contributed by atoms with Crippen LogP contribution in [0.1, 0.15) is 12.1 Å². The summed E-state index contributed by atoms with van der Waals surface area (Å²) >= 11 is 3.12. The van der Waals surface area contributed by atoms with Gasteiger partial charge in [-0.15, -0.1) is 0 Å². The zero-order valence-electron chi connectivity index (χ0n) is 8.63. The van der Waals surface area contributed by atoms with Crippen molar-refractivity contribution in [1.82, 2.24) is 14.6 Å². The molecule has 0 radical (unpaired) electrons. The Kier molecular flexibility index (Phi) is 3.92. The Morgan fingerprint density at radius 3 is 3.25 bits per heavy atom. The van der Waals surface area contributed by atoms with Crippen molar-refractivity contribution < 1.29 is 0 Å². The summed E-state index contributed by atoms with van der Waals surface area (Å²) in [5, 5.41) is 3.91. The van der Waals surface area contributed by atoms with E-state index in [1.807, 2.05) is 0 Å². The quantitative estimate of drug-likeness (QED) is 0.798. The third-order valence-corrected chi connectivity index (χ3v) is 3.73. The molecule has 86 valence electrons. The summed E-state index contributed by atoms with van der Waals surface area (Å²) in [4.78, 5) is 16.6. The second-order valence-electron chi connectivity index (χ2n) is 3.21. The molecule has 0 atom stereocenters. The van der Waals surface area contributed by atoms with Gasteiger partial charge in [-0.2, -0.15) is 21.4 Å². The smallest absolute Gasteiger partial charge is 0.275 e. The van der Waals surface area contributed by atoms with E-state index in [2.05, 4.69) is 10.1 Å². The summed E-state index contributed by atoms with van der Waals surface area (Å²) in [7, 11) is 0. The van der Waals surface area contributed by atoms with E-state index in [0.29, 0.717) is 11.5 Å². The van der Waals surface area contributed by atoms with E-state index >= 15 is 0 Å². The fourth-order valence-corrected chi connectivity index (χ4v) is 2.75. The zero-order chi connectivity index (χ0) is 11.4. The Balaban J connectivity index is 2.10. The van der Waals surface area contributed by atoms with Crippen LogP contribution in [-0.2, 0) is 5.75 Å². The molecule has 0 aliphatic heterocycles. The Labute approximate surface area is 101 Å². The Bertz CT molecular complexity index is 521. The van der Waals surface area contributed by atoms with Gasteiger partial charge in [0.05, 0.1) is 5.69 Å². The molecule has 2 aromatic heterocycles. The van der Waals surface area contributed by atoms with Gasteiger partial charge in [0, 0.05) is 11.8 Å². The van der Waals surface area contributed by atoms with Crippen molar-refractivity contribution in [3.63, 3.8) is 0 Å². The fourth-order valence-electron chi connectivity index (χ4n) is 1.24.